The van der Waals surface area contributed by atoms with Gasteiger partial charge in [0.2, 0.25) is 11.9 Å². The van der Waals surface area contributed by atoms with Crippen molar-refractivity contribution in [3.8, 4) is 0 Å². The smallest absolute Gasteiger partial charge is 0.343 e. The number of cyclic esters (lactones) is 1. The molecule has 7 heteroatoms. The number of aliphatic hydroxyl groups excluding tert-OH is 1. The third-order valence-electron chi connectivity index (χ3n) is 2.55. The standard InChI is InChI=1S/C9H11ClO6/c1-9(3-10)14-2-4(16-9)7-5(11)6(12)8(13)15-7/h4,6-7,12H,2-3H2,1H3. The molecule has 4 unspecified atom stereocenters. The molecule has 0 spiro atoms. The number of Topliss-reactive ketones (excluding diaryl/α,β-unsaturated/α-hetero) is 1. The van der Waals surface area contributed by atoms with Crippen LogP contribution in [0.15, 0.2) is 0 Å². The Hall–Kier alpha value is -0.690. The molecule has 2 fully saturated rings. The predicted molar refractivity (Wildman–Crippen MR) is 50.8 cm³/mol. The maximum atomic E-state index is 11.4. The van der Waals surface area contributed by atoms with Gasteiger partial charge in [0.05, 0.1) is 12.5 Å². The molecule has 2 saturated heterocycles. The molecular formula is C9H11ClO6. The highest BCUT2D eigenvalue weighted by Gasteiger charge is 2.51. The van der Waals surface area contributed by atoms with Crippen LogP contribution in [0, 0.1) is 0 Å². The lowest BCUT2D eigenvalue weighted by Gasteiger charge is -2.21. The molecule has 6 nitrogen and oxygen atoms in total. The minimum atomic E-state index is -1.71. The Balaban J connectivity index is 2.06. The molecule has 90 valence electrons. The number of carbonyl (C=O) groups is 2. The van der Waals surface area contributed by atoms with Crippen molar-refractivity contribution in [3.05, 3.63) is 0 Å². The van der Waals surface area contributed by atoms with E-state index in [4.69, 9.17) is 30.9 Å². The molecule has 0 aromatic rings. The SMILES string of the molecule is CC1(CCl)OCC(C2OC(=O)C(O)C2=O)O1. The molecule has 1 N–H and O–H groups in total. The molecule has 0 bridgehead atoms. The number of rotatable bonds is 2. The first kappa shape index (κ1) is 11.8. The van der Waals surface area contributed by atoms with Crippen LogP contribution in [0.2, 0.25) is 0 Å². The van der Waals surface area contributed by atoms with Crippen LogP contribution in [-0.2, 0) is 23.8 Å². The van der Waals surface area contributed by atoms with Crippen LogP contribution >= 0.6 is 11.6 Å². The molecule has 2 aliphatic rings. The van der Waals surface area contributed by atoms with Crippen LogP contribution in [0.5, 0.6) is 0 Å². The molecule has 0 saturated carbocycles. The average Bonchev–Trinajstić information content (AvgIpc) is 2.76. The molecule has 0 radical (unpaired) electrons. The van der Waals surface area contributed by atoms with Crippen LogP contribution in [0.4, 0.5) is 0 Å². The van der Waals surface area contributed by atoms with Crippen molar-refractivity contribution in [2.45, 2.75) is 31.0 Å². The summed E-state index contributed by atoms with van der Waals surface area (Å²) in [4.78, 5) is 22.4. The summed E-state index contributed by atoms with van der Waals surface area (Å²) in [7, 11) is 0. The minimum absolute atomic E-state index is 0.0969. The van der Waals surface area contributed by atoms with Crippen LogP contribution in [0.1, 0.15) is 6.92 Å². The van der Waals surface area contributed by atoms with Gasteiger partial charge in [-0.2, -0.15) is 0 Å². The summed E-state index contributed by atoms with van der Waals surface area (Å²) in [5.41, 5.74) is 0. The van der Waals surface area contributed by atoms with Gasteiger partial charge in [-0.05, 0) is 6.92 Å². The summed E-state index contributed by atoms with van der Waals surface area (Å²) in [6.07, 6.45) is -3.53. The van der Waals surface area contributed by atoms with E-state index in [0.29, 0.717) is 0 Å². The Morgan fingerprint density at radius 2 is 2.25 bits per heavy atom. The minimum Gasteiger partial charge on any atom is -0.449 e. The third kappa shape index (κ3) is 1.82. The number of carbonyl (C=O) groups excluding carboxylic acids is 2. The number of hydrogen-bond donors (Lipinski definition) is 1. The lowest BCUT2D eigenvalue weighted by molar-refractivity contribution is -0.163. The van der Waals surface area contributed by atoms with E-state index in [1.807, 2.05) is 0 Å². The first-order valence-electron chi connectivity index (χ1n) is 4.77. The van der Waals surface area contributed by atoms with Crippen molar-refractivity contribution in [1.29, 1.82) is 0 Å². The fraction of sp³-hybridized carbons (Fsp3) is 0.778. The second-order valence-corrected chi connectivity index (χ2v) is 4.16. The molecule has 0 aromatic heterocycles. The Bertz CT molecular complexity index is 332. The maximum Gasteiger partial charge on any atom is 0.343 e. The van der Waals surface area contributed by atoms with Gasteiger partial charge in [-0.25, -0.2) is 4.79 Å². The molecule has 0 amide bonds. The van der Waals surface area contributed by atoms with Crippen molar-refractivity contribution in [2.24, 2.45) is 0 Å². The second-order valence-electron chi connectivity index (χ2n) is 3.90. The van der Waals surface area contributed by atoms with Crippen molar-refractivity contribution >= 4 is 23.4 Å². The second kappa shape index (κ2) is 3.96. The van der Waals surface area contributed by atoms with Gasteiger partial charge in [0.25, 0.3) is 0 Å². The normalized spacial score (nSPS) is 43.8. The van der Waals surface area contributed by atoms with E-state index in [2.05, 4.69) is 0 Å². The topological polar surface area (TPSA) is 82.1 Å². The molecule has 2 aliphatic heterocycles. The quantitative estimate of drug-likeness (QED) is 0.393. The van der Waals surface area contributed by atoms with Crippen LogP contribution in [-0.4, -0.2) is 53.4 Å². The fourth-order valence-corrected chi connectivity index (χ4v) is 1.78. The van der Waals surface area contributed by atoms with Gasteiger partial charge in [-0.1, -0.05) is 0 Å². The van der Waals surface area contributed by atoms with E-state index in [0.717, 1.165) is 0 Å². The number of aliphatic hydroxyl groups is 1. The highest BCUT2D eigenvalue weighted by molar-refractivity contribution is 6.18. The number of alkyl halides is 1. The van der Waals surface area contributed by atoms with E-state index in [1.165, 1.54) is 0 Å². The Labute approximate surface area is 96.4 Å². The van der Waals surface area contributed by atoms with Gasteiger partial charge in [0.1, 0.15) is 6.10 Å². The summed E-state index contributed by atoms with van der Waals surface area (Å²) in [6, 6.07) is 0. The number of esters is 1. The molecule has 2 rings (SSSR count). The van der Waals surface area contributed by atoms with Crippen LogP contribution in [0.25, 0.3) is 0 Å². The first-order valence-corrected chi connectivity index (χ1v) is 5.30. The van der Waals surface area contributed by atoms with E-state index in [-0.39, 0.29) is 12.5 Å². The van der Waals surface area contributed by atoms with Crippen molar-refractivity contribution in [2.75, 3.05) is 12.5 Å². The number of hydrogen-bond acceptors (Lipinski definition) is 6. The third-order valence-corrected chi connectivity index (χ3v) is 3.04. The monoisotopic (exact) mass is 250 g/mol. The number of ketones is 1. The largest absolute Gasteiger partial charge is 0.449 e. The van der Waals surface area contributed by atoms with E-state index in [1.54, 1.807) is 6.92 Å². The number of halogens is 1. The molecule has 16 heavy (non-hydrogen) atoms. The van der Waals surface area contributed by atoms with Gasteiger partial charge in [-0.3, -0.25) is 4.79 Å². The fourth-order valence-electron chi connectivity index (χ4n) is 1.64. The number of ether oxygens (including phenoxy) is 3. The lowest BCUT2D eigenvalue weighted by Crippen LogP contribution is -2.38. The molecular weight excluding hydrogens is 240 g/mol. The lowest BCUT2D eigenvalue weighted by atomic mass is 10.1. The van der Waals surface area contributed by atoms with Crippen LogP contribution < -0.4 is 0 Å². The highest BCUT2D eigenvalue weighted by atomic mass is 35.5. The Kier molecular flexibility index (Phi) is 2.91. The van der Waals surface area contributed by atoms with Gasteiger partial charge in [-0.15, -0.1) is 11.6 Å². The summed E-state index contributed by atoms with van der Waals surface area (Å²) < 4.78 is 15.4. The Morgan fingerprint density at radius 3 is 2.69 bits per heavy atom. The predicted octanol–water partition coefficient (Wildman–Crippen LogP) is -0.788. The van der Waals surface area contributed by atoms with E-state index in [9.17, 15) is 9.59 Å². The van der Waals surface area contributed by atoms with E-state index >= 15 is 0 Å². The summed E-state index contributed by atoms with van der Waals surface area (Å²) in [6.45, 7) is 1.72. The zero-order valence-corrected chi connectivity index (χ0v) is 9.27. The Morgan fingerprint density at radius 1 is 1.56 bits per heavy atom. The van der Waals surface area contributed by atoms with Crippen molar-refractivity contribution in [3.63, 3.8) is 0 Å². The summed E-state index contributed by atoms with van der Waals surface area (Å²) >= 11 is 5.62. The maximum absolute atomic E-state index is 11.4. The molecule has 0 aromatic carbocycles. The highest BCUT2D eigenvalue weighted by Crippen LogP contribution is 2.29. The van der Waals surface area contributed by atoms with Gasteiger partial charge in [0.15, 0.2) is 11.9 Å². The van der Waals surface area contributed by atoms with Crippen LogP contribution in [0.3, 0.4) is 0 Å². The van der Waals surface area contributed by atoms with Gasteiger partial charge in [0, 0.05) is 0 Å². The van der Waals surface area contributed by atoms with Crippen molar-refractivity contribution in [1.82, 2.24) is 0 Å². The average molecular weight is 251 g/mol. The molecule has 0 aliphatic carbocycles. The molecule has 2 heterocycles. The summed E-state index contributed by atoms with van der Waals surface area (Å²) in [5, 5.41) is 9.14. The zero-order chi connectivity index (χ0) is 11.9. The summed E-state index contributed by atoms with van der Waals surface area (Å²) in [5.74, 6) is -2.52. The first-order chi connectivity index (χ1) is 7.47. The van der Waals surface area contributed by atoms with Crippen molar-refractivity contribution < 1.29 is 28.9 Å². The van der Waals surface area contributed by atoms with Gasteiger partial charge < -0.3 is 19.3 Å². The van der Waals surface area contributed by atoms with E-state index < -0.39 is 35.9 Å². The molecule has 4 atom stereocenters. The van der Waals surface area contributed by atoms with Gasteiger partial charge >= 0.3 is 5.97 Å². The zero-order valence-electron chi connectivity index (χ0n) is 8.51.